The molecule has 0 bridgehead atoms. The first-order valence-electron chi connectivity index (χ1n) is 6.70. The molecule has 0 atom stereocenters. The van der Waals surface area contributed by atoms with Crippen LogP contribution in [0.5, 0.6) is 0 Å². The Morgan fingerprint density at radius 3 is 2.38 bits per heavy atom. The van der Waals surface area contributed by atoms with Crippen LogP contribution in [-0.2, 0) is 14.8 Å². The number of sulfonamides is 1. The molecule has 0 aliphatic heterocycles. The van der Waals surface area contributed by atoms with Gasteiger partial charge in [0.1, 0.15) is 5.82 Å². The van der Waals surface area contributed by atoms with E-state index in [4.69, 9.17) is 0 Å². The zero-order valence-corrected chi connectivity index (χ0v) is 13.3. The van der Waals surface area contributed by atoms with Gasteiger partial charge in [-0.1, -0.05) is 0 Å². The highest BCUT2D eigenvalue weighted by Crippen LogP contribution is 2.16. The molecule has 24 heavy (non-hydrogen) atoms. The van der Waals surface area contributed by atoms with Crippen molar-refractivity contribution >= 4 is 21.6 Å². The number of hydrogen-bond donors (Lipinski definition) is 2. The molecule has 128 valence electrons. The van der Waals surface area contributed by atoms with E-state index in [0.29, 0.717) is 0 Å². The molecule has 0 aliphatic carbocycles. The number of hydrogen-bond acceptors (Lipinski definition) is 3. The van der Waals surface area contributed by atoms with Crippen LogP contribution < -0.4 is 10.0 Å². The van der Waals surface area contributed by atoms with Crippen LogP contribution in [0.4, 0.5) is 18.9 Å². The summed E-state index contributed by atoms with van der Waals surface area (Å²) in [4.78, 5) is 11.5. The van der Waals surface area contributed by atoms with E-state index in [1.54, 1.807) is 0 Å². The van der Waals surface area contributed by atoms with Crippen molar-refractivity contribution in [1.82, 2.24) is 4.72 Å². The number of nitrogens with one attached hydrogen (secondary N) is 2. The zero-order chi connectivity index (χ0) is 17.9. The normalized spacial score (nSPS) is 11.3. The molecule has 0 saturated carbocycles. The first-order chi connectivity index (χ1) is 11.2. The number of carbonyl (C=O) groups excluding carboxylic acids is 1. The van der Waals surface area contributed by atoms with Gasteiger partial charge in [-0.2, -0.15) is 0 Å². The van der Waals surface area contributed by atoms with Gasteiger partial charge >= 0.3 is 0 Å². The summed E-state index contributed by atoms with van der Waals surface area (Å²) in [7, 11) is -4.02. The van der Waals surface area contributed by atoms with E-state index >= 15 is 0 Å². The van der Waals surface area contributed by atoms with Crippen molar-refractivity contribution in [3.05, 3.63) is 59.4 Å². The number of aryl methyl sites for hydroxylation is 1. The third kappa shape index (κ3) is 4.33. The van der Waals surface area contributed by atoms with E-state index in [1.165, 1.54) is 6.92 Å². The van der Waals surface area contributed by atoms with Crippen molar-refractivity contribution in [3.8, 4) is 0 Å². The molecule has 0 aromatic heterocycles. The minimum absolute atomic E-state index is 0.0175. The predicted octanol–water partition coefficient (Wildman–Crippen LogP) is 2.33. The minimum Gasteiger partial charge on any atom is -0.325 e. The first kappa shape index (κ1) is 18.0. The summed E-state index contributed by atoms with van der Waals surface area (Å²) in [6.07, 6.45) is 0. The van der Waals surface area contributed by atoms with Crippen molar-refractivity contribution in [2.24, 2.45) is 0 Å². The van der Waals surface area contributed by atoms with Gasteiger partial charge in [0.2, 0.25) is 15.9 Å². The molecule has 2 aromatic rings. The van der Waals surface area contributed by atoms with Crippen LogP contribution in [0.2, 0.25) is 0 Å². The van der Waals surface area contributed by atoms with Crippen LogP contribution >= 0.6 is 0 Å². The molecule has 0 fully saturated rings. The molecule has 5 nitrogen and oxygen atoms in total. The average Bonchev–Trinajstić information content (AvgIpc) is 2.49. The number of anilines is 1. The Morgan fingerprint density at radius 2 is 1.75 bits per heavy atom. The van der Waals surface area contributed by atoms with Crippen molar-refractivity contribution in [1.29, 1.82) is 0 Å². The van der Waals surface area contributed by atoms with Crippen molar-refractivity contribution < 1.29 is 26.4 Å². The highest BCUT2D eigenvalue weighted by atomic mass is 32.2. The fourth-order valence-corrected chi connectivity index (χ4v) is 3.14. The van der Waals surface area contributed by atoms with Crippen LogP contribution in [0.15, 0.2) is 41.3 Å². The minimum atomic E-state index is -4.02. The lowest BCUT2D eigenvalue weighted by molar-refractivity contribution is -0.115. The summed E-state index contributed by atoms with van der Waals surface area (Å²) in [5.74, 6) is -3.57. The van der Waals surface area contributed by atoms with Crippen molar-refractivity contribution in [2.45, 2.75) is 11.8 Å². The van der Waals surface area contributed by atoms with E-state index in [-0.39, 0.29) is 16.1 Å². The molecule has 0 radical (unpaired) electrons. The van der Waals surface area contributed by atoms with Gasteiger partial charge in [0.05, 0.1) is 11.4 Å². The highest BCUT2D eigenvalue weighted by Gasteiger charge is 2.18. The summed E-state index contributed by atoms with van der Waals surface area (Å²) in [5.41, 5.74) is 0.166. The van der Waals surface area contributed by atoms with Crippen LogP contribution in [0.25, 0.3) is 0 Å². The molecule has 0 unspecified atom stereocenters. The number of amides is 1. The Labute approximate surface area is 136 Å². The van der Waals surface area contributed by atoms with Crippen LogP contribution in [0, 0.1) is 24.4 Å². The predicted molar refractivity (Wildman–Crippen MR) is 81.3 cm³/mol. The monoisotopic (exact) mass is 358 g/mol. The smallest absolute Gasteiger partial charge is 0.241 e. The van der Waals surface area contributed by atoms with E-state index in [9.17, 15) is 26.4 Å². The second-order valence-corrected chi connectivity index (χ2v) is 6.65. The van der Waals surface area contributed by atoms with Gasteiger partial charge in [-0.15, -0.1) is 0 Å². The second-order valence-electron chi connectivity index (χ2n) is 4.91. The van der Waals surface area contributed by atoms with Crippen molar-refractivity contribution in [2.75, 3.05) is 11.9 Å². The maximum absolute atomic E-state index is 13.0. The standard InChI is InChI=1S/C15H13F3N2O3S/c1-9-6-10(16)2-5-14(9)24(22,23)19-8-15(21)20-11-3-4-12(17)13(18)7-11/h2-7,19H,8H2,1H3,(H,20,21). The summed E-state index contributed by atoms with van der Waals surface area (Å²) in [6, 6.07) is 5.86. The molecule has 2 aromatic carbocycles. The van der Waals surface area contributed by atoms with Gasteiger partial charge in [-0.3, -0.25) is 4.79 Å². The zero-order valence-electron chi connectivity index (χ0n) is 12.4. The Hall–Kier alpha value is -2.39. The summed E-state index contributed by atoms with van der Waals surface area (Å²) in [6.45, 7) is 0.789. The Morgan fingerprint density at radius 1 is 1.04 bits per heavy atom. The molecule has 9 heteroatoms. The van der Waals surface area contributed by atoms with Crippen molar-refractivity contribution in [3.63, 3.8) is 0 Å². The van der Waals surface area contributed by atoms with Gasteiger partial charge in [0, 0.05) is 11.8 Å². The number of carbonyl (C=O) groups is 1. The van der Waals surface area contributed by atoms with Gasteiger partial charge in [0.25, 0.3) is 0 Å². The van der Waals surface area contributed by atoms with Gasteiger partial charge in [-0.25, -0.2) is 26.3 Å². The second kappa shape index (κ2) is 7.02. The molecule has 0 spiro atoms. The van der Waals surface area contributed by atoms with Crippen LogP contribution in [0.1, 0.15) is 5.56 Å². The molecule has 1 amide bonds. The maximum Gasteiger partial charge on any atom is 0.241 e. The molecule has 0 heterocycles. The molecule has 0 aliphatic rings. The lowest BCUT2D eigenvalue weighted by Gasteiger charge is -2.10. The Kier molecular flexibility index (Phi) is 5.25. The molecule has 0 saturated heterocycles. The van der Waals surface area contributed by atoms with Crippen LogP contribution in [-0.4, -0.2) is 20.9 Å². The fourth-order valence-electron chi connectivity index (χ4n) is 1.93. The van der Waals surface area contributed by atoms with Gasteiger partial charge in [-0.05, 0) is 42.8 Å². The third-order valence-corrected chi connectivity index (χ3v) is 4.61. The van der Waals surface area contributed by atoms with Gasteiger partial charge in [0.15, 0.2) is 11.6 Å². The van der Waals surface area contributed by atoms with Crippen LogP contribution in [0.3, 0.4) is 0 Å². The largest absolute Gasteiger partial charge is 0.325 e. The lowest BCUT2D eigenvalue weighted by atomic mass is 10.2. The SMILES string of the molecule is Cc1cc(F)ccc1S(=O)(=O)NCC(=O)Nc1ccc(F)c(F)c1. The number of rotatable bonds is 5. The topological polar surface area (TPSA) is 75.3 Å². The quantitative estimate of drug-likeness (QED) is 0.861. The third-order valence-electron chi connectivity index (χ3n) is 3.05. The van der Waals surface area contributed by atoms with E-state index in [0.717, 1.165) is 36.4 Å². The average molecular weight is 358 g/mol. The first-order valence-corrected chi connectivity index (χ1v) is 8.18. The lowest BCUT2D eigenvalue weighted by Crippen LogP contribution is -2.33. The molecule has 2 rings (SSSR count). The molecular formula is C15H13F3N2O3S. The fraction of sp³-hybridized carbons (Fsp3) is 0.133. The van der Waals surface area contributed by atoms with E-state index < -0.39 is 39.9 Å². The molecule has 2 N–H and O–H groups in total. The summed E-state index contributed by atoms with van der Waals surface area (Å²) >= 11 is 0. The molecular weight excluding hydrogens is 345 g/mol. The Bertz CT molecular complexity index is 886. The van der Waals surface area contributed by atoms with E-state index in [2.05, 4.69) is 10.0 Å². The summed E-state index contributed by atoms with van der Waals surface area (Å²) < 4.78 is 65.1. The maximum atomic E-state index is 13.0. The number of halogens is 3. The Balaban J connectivity index is 2.03. The van der Waals surface area contributed by atoms with Gasteiger partial charge < -0.3 is 5.32 Å². The van der Waals surface area contributed by atoms with E-state index in [1.807, 2.05) is 0 Å². The highest BCUT2D eigenvalue weighted by molar-refractivity contribution is 7.89. The summed E-state index contributed by atoms with van der Waals surface area (Å²) in [5, 5.41) is 2.23. The number of benzene rings is 2.